The maximum Gasteiger partial charge on any atom is -0.00723 e. The molecule has 8 heavy (non-hydrogen) atoms. The molecular weight excluding hydrogens is 98.1 g/mol. The molecule has 0 aliphatic heterocycles. The van der Waals surface area contributed by atoms with Crippen LogP contribution in [0.1, 0.15) is 34.6 Å². The second-order valence-corrected chi connectivity index (χ2v) is 3.10. The minimum atomic E-state index is 0. The van der Waals surface area contributed by atoms with Gasteiger partial charge in [-0.1, -0.05) is 28.2 Å². The summed E-state index contributed by atoms with van der Waals surface area (Å²) in [4.78, 5) is 0. The molecule has 0 fully saturated rings. The van der Waals surface area contributed by atoms with Crippen molar-refractivity contribution in [2.24, 2.45) is 11.1 Å². The minimum absolute atomic E-state index is 0. The maximum atomic E-state index is 5.31. The van der Waals surface area contributed by atoms with Gasteiger partial charge in [-0.15, -0.1) is 0 Å². The third-order valence-electron chi connectivity index (χ3n) is 0.894. The predicted molar refractivity (Wildman–Crippen MR) is 39.9 cm³/mol. The van der Waals surface area contributed by atoms with Crippen molar-refractivity contribution in [2.45, 2.75) is 34.6 Å². The standard InChI is InChI=1S/C6H15N.CH4/c1-6(2,3)4-5-7;/h4-5,7H2,1-3H3;1H4. The van der Waals surface area contributed by atoms with Crippen LogP contribution in [0.3, 0.4) is 0 Å². The van der Waals surface area contributed by atoms with E-state index in [1.807, 2.05) is 0 Å². The lowest BCUT2D eigenvalue weighted by Gasteiger charge is -2.15. The van der Waals surface area contributed by atoms with Gasteiger partial charge in [0.2, 0.25) is 0 Å². The van der Waals surface area contributed by atoms with Gasteiger partial charge in [-0.3, -0.25) is 0 Å². The highest BCUT2D eigenvalue weighted by Crippen LogP contribution is 2.15. The van der Waals surface area contributed by atoms with Crippen LogP contribution < -0.4 is 5.73 Å². The average molecular weight is 117 g/mol. The van der Waals surface area contributed by atoms with Crippen molar-refractivity contribution >= 4 is 0 Å². The number of nitrogens with two attached hydrogens (primary N) is 1. The third kappa shape index (κ3) is 9.35. The van der Waals surface area contributed by atoms with E-state index in [2.05, 4.69) is 20.8 Å². The first-order valence-electron chi connectivity index (χ1n) is 2.76. The molecule has 2 N–H and O–H groups in total. The first-order valence-corrected chi connectivity index (χ1v) is 2.76. The SMILES string of the molecule is C.CC(C)(C)CCN. The zero-order chi connectivity index (χ0) is 5.91. The van der Waals surface area contributed by atoms with Crippen LogP contribution in [0, 0.1) is 5.41 Å². The van der Waals surface area contributed by atoms with Crippen molar-refractivity contribution in [3.8, 4) is 0 Å². The fourth-order valence-electron chi connectivity index (χ4n) is 0.433. The summed E-state index contributed by atoms with van der Waals surface area (Å²) in [5.41, 5.74) is 5.74. The number of hydrogen-bond donors (Lipinski definition) is 1. The third-order valence-corrected chi connectivity index (χ3v) is 0.894. The van der Waals surface area contributed by atoms with Gasteiger partial charge in [0.25, 0.3) is 0 Å². The minimum Gasteiger partial charge on any atom is -0.330 e. The summed E-state index contributed by atoms with van der Waals surface area (Å²) in [6.07, 6.45) is 1.12. The molecule has 0 saturated carbocycles. The molecule has 1 heteroatoms. The molecule has 0 heterocycles. The molecule has 0 aromatic carbocycles. The first-order chi connectivity index (χ1) is 3.06. The van der Waals surface area contributed by atoms with E-state index in [0.717, 1.165) is 13.0 Å². The van der Waals surface area contributed by atoms with Gasteiger partial charge in [-0.2, -0.15) is 0 Å². The summed E-state index contributed by atoms with van der Waals surface area (Å²) in [7, 11) is 0. The summed E-state index contributed by atoms with van der Waals surface area (Å²) < 4.78 is 0. The second kappa shape index (κ2) is 3.90. The van der Waals surface area contributed by atoms with Crippen molar-refractivity contribution in [3.05, 3.63) is 0 Å². The Morgan fingerprint density at radius 2 is 1.62 bits per heavy atom. The van der Waals surface area contributed by atoms with Gasteiger partial charge in [0.15, 0.2) is 0 Å². The molecule has 0 radical (unpaired) electrons. The molecule has 0 atom stereocenters. The molecule has 0 unspecified atom stereocenters. The van der Waals surface area contributed by atoms with E-state index in [1.54, 1.807) is 0 Å². The first kappa shape index (κ1) is 10.9. The van der Waals surface area contributed by atoms with Gasteiger partial charge in [-0.25, -0.2) is 0 Å². The van der Waals surface area contributed by atoms with E-state index in [0.29, 0.717) is 5.41 Å². The van der Waals surface area contributed by atoms with E-state index in [-0.39, 0.29) is 7.43 Å². The van der Waals surface area contributed by atoms with Crippen LogP contribution in [0.25, 0.3) is 0 Å². The quantitative estimate of drug-likeness (QED) is 0.558. The van der Waals surface area contributed by atoms with E-state index in [9.17, 15) is 0 Å². The maximum absolute atomic E-state index is 5.31. The van der Waals surface area contributed by atoms with E-state index in [4.69, 9.17) is 5.73 Å². The molecule has 0 spiro atoms. The van der Waals surface area contributed by atoms with Crippen molar-refractivity contribution < 1.29 is 0 Å². The monoisotopic (exact) mass is 117 g/mol. The van der Waals surface area contributed by atoms with Gasteiger partial charge >= 0.3 is 0 Å². The van der Waals surface area contributed by atoms with Gasteiger partial charge in [0, 0.05) is 0 Å². The highest BCUT2D eigenvalue weighted by molar-refractivity contribution is 4.60. The highest BCUT2D eigenvalue weighted by atomic mass is 14.5. The largest absolute Gasteiger partial charge is 0.330 e. The summed E-state index contributed by atoms with van der Waals surface area (Å²) >= 11 is 0. The Morgan fingerprint density at radius 1 is 1.25 bits per heavy atom. The summed E-state index contributed by atoms with van der Waals surface area (Å²) in [5.74, 6) is 0. The molecule has 0 aromatic rings. The molecule has 0 rings (SSSR count). The van der Waals surface area contributed by atoms with Crippen LogP contribution in [-0.2, 0) is 0 Å². The van der Waals surface area contributed by atoms with Crippen LogP contribution in [0.5, 0.6) is 0 Å². The summed E-state index contributed by atoms with van der Waals surface area (Å²) in [5, 5.41) is 0. The molecule has 0 amide bonds. The van der Waals surface area contributed by atoms with Crippen molar-refractivity contribution in [1.29, 1.82) is 0 Å². The fraction of sp³-hybridized carbons (Fsp3) is 1.00. The van der Waals surface area contributed by atoms with E-state index >= 15 is 0 Å². The second-order valence-electron chi connectivity index (χ2n) is 3.10. The zero-order valence-electron chi connectivity index (χ0n) is 5.49. The highest BCUT2D eigenvalue weighted by Gasteiger charge is 2.06. The lowest BCUT2D eigenvalue weighted by atomic mass is 9.93. The number of hydrogen-bond acceptors (Lipinski definition) is 1. The number of rotatable bonds is 1. The zero-order valence-corrected chi connectivity index (χ0v) is 5.49. The molecule has 52 valence electrons. The normalized spacial score (nSPS) is 10.5. The molecule has 0 aliphatic carbocycles. The smallest absolute Gasteiger partial charge is 0.00723 e. The summed E-state index contributed by atoms with van der Waals surface area (Å²) in [6.45, 7) is 7.39. The Hall–Kier alpha value is -0.0400. The Balaban J connectivity index is 0. The molecule has 0 aromatic heterocycles. The molecular formula is C7H19N. The predicted octanol–water partition coefficient (Wildman–Crippen LogP) is 2.02. The molecule has 0 saturated heterocycles. The Kier molecular flexibility index (Phi) is 5.29. The molecule has 1 nitrogen and oxygen atoms in total. The van der Waals surface area contributed by atoms with Crippen LogP contribution in [0.15, 0.2) is 0 Å². The van der Waals surface area contributed by atoms with Gasteiger partial charge < -0.3 is 5.73 Å². The van der Waals surface area contributed by atoms with Gasteiger partial charge in [0.1, 0.15) is 0 Å². The van der Waals surface area contributed by atoms with Crippen LogP contribution in [-0.4, -0.2) is 6.54 Å². The van der Waals surface area contributed by atoms with E-state index < -0.39 is 0 Å². The Labute approximate surface area is 53.3 Å². The van der Waals surface area contributed by atoms with Gasteiger partial charge in [0.05, 0.1) is 0 Å². The van der Waals surface area contributed by atoms with E-state index in [1.165, 1.54) is 0 Å². The lowest BCUT2D eigenvalue weighted by Crippen LogP contribution is -2.12. The average Bonchev–Trinajstić information content (AvgIpc) is 1.30. The van der Waals surface area contributed by atoms with Crippen molar-refractivity contribution in [1.82, 2.24) is 0 Å². The van der Waals surface area contributed by atoms with Crippen LogP contribution in [0.4, 0.5) is 0 Å². The van der Waals surface area contributed by atoms with Crippen LogP contribution >= 0.6 is 0 Å². The Bertz CT molecular complexity index is 42.8. The fourth-order valence-corrected chi connectivity index (χ4v) is 0.433. The van der Waals surface area contributed by atoms with Crippen LogP contribution in [0.2, 0.25) is 0 Å². The molecule has 0 bridgehead atoms. The molecule has 0 aliphatic rings. The van der Waals surface area contributed by atoms with Crippen molar-refractivity contribution in [3.63, 3.8) is 0 Å². The van der Waals surface area contributed by atoms with Crippen molar-refractivity contribution in [2.75, 3.05) is 6.54 Å². The summed E-state index contributed by atoms with van der Waals surface area (Å²) in [6, 6.07) is 0. The lowest BCUT2D eigenvalue weighted by molar-refractivity contribution is 0.385. The Morgan fingerprint density at radius 3 is 1.62 bits per heavy atom. The topological polar surface area (TPSA) is 26.0 Å². The van der Waals surface area contributed by atoms with Gasteiger partial charge in [-0.05, 0) is 18.4 Å².